The van der Waals surface area contributed by atoms with Crippen LogP contribution in [0.25, 0.3) is 33.1 Å². The summed E-state index contributed by atoms with van der Waals surface area (Å²) in [5, 5.41) is 31.8. The lowest BCUT2D eigenvalue weighted by Gasteiger charge is -2.18. The molecule has 0 radical (unpaired) electrons. The number of nitrogen functional groups attached to an aromatic ring is 1. The van der Waals surface area contributed by atoms with Crippen LogP contribution in [0.1, 0.15) is 6.23 Å². The number of fused-ring (bicyclic) bond motifs is 3. The maximum absolute atomic E-state index is 10.6. The third-order valence-electron chi connectivity index (χ3n) is 5.49. The summed E-state index contributed by atoms with van der Waals surface area (Å²) in [6.07, 6.45) is -2.91. The number of rotatable bonds is 3. The fourth-order valence-corrected chi connectivity index (χ4v) is 4.14. The fraction of sp³-hybridized carbons (Fsp3) is 0.238. The number of nitrogens with two attached hydrogens (primary N) is 1. The Bertz CT molecular complexity index is 1190. The van der Waals surface area contributed by atoms with E-state index in [1.54, 1.807) is 4.57 Å². The van der Waals surface area contributed by atoms with Crippen LogP contribution in [0.4, 0.5) is 5.82 Å². The fourth-order valence-electron chi connectivity index (χ4n) is 4.14. The molecule has 5 rings (SSSR count). The van der Waals surface area contributed by atoms with Crippen molar-refractivity contribution >= 4 is 27.8 Å². The summed E-state index contributed by atoms with van der Waals surface area (Å²) < 4.78 is 7.51. The standard InChI is InChI=1S/C21H20N4O4/c22-19-16-15-12(11-5-2-1-3-6-11)7-4-8-13(15)25(20(16)24-10-23-19)21-18(28)17(27)14(9-26)29-21/h1-8,10,14,17-18,21,26-28H,9H2,(H2,22,23,24)/t14-,17-,18-,21-/m1/s1. The zero-order valence-corrected chi connectivity index (χ0v) is 15.4. The molecule has 0 amide bonds. The molecule has 1 fully saturated rings. The van der Waals surface area contributed by atoms with Gasteiger partial charge < -0.3 is 25.8 Å². The topological polar surface area (TPSA) is 127 Å². The van der Waals surface area contributed by atoms with E-state index in [0.717, 1.165) is 22.0 Å². The van der Waals surface area contributed by atoms with E-state index in [1.165, 1.54) is 6.33 Å². The lowest BCUT2D eigenvalue weighted by atomic mass is 10.00. The van der Waals surface area contributed by atoms with Crippen molar-refractivity contribution in [3.63, 3.8) is 0 Å². The minimum atomic E-state index is -1.23. The highest BCUT2D eigenvalue weighted by molar-refractivity contribution is 6.17. The molecule has 8 heteroatoms. The largest absolute Gasteiger partial charge is 0.394 e. The van der Waals surface area contributed by atoms with Crippen molar-refractivity contribution in [1.82, 2.24) is 14.5 Å². The van der Waals surface area contributed by atoms with Gasteiger partial charge in [-0.25, -0.2) is 9.97 Å². The van der Waals surface area contributed by atoms with E-state index in [4.69, 9.17) is 10.5 Å². The van der Waals surface area contributed by atoms with Crippen LogP contribution in [0.15, 0.2) is 54.9 Å². The van der Waals surface area contributed by atoms with E-state index in [9.17, 15) is 15.3 Å². The molecule has 0 unspecified atom stereocenters. The quantitative estimate of drug-likeness (QED) is 0.416. The minimum absolute atomic E-state index is 0.314. The maximum Gasteiger partial charge on any atom is 0.165 e. The van der Waals surface area contributed by atoms with Crippen molar-refractivity contribution in [3.05, 3.63) is 54.9 Å². The molecule has 0 bridgehead atoms. The summed E-state index contributed by atoms with van der Waals surface area (Å²) in [6, 6.07) is 15.7. The Balaban J connectivity index is 1.85. The second-order valence-corrected chi connectivity index (χ2v) is 7.12. The number of ether oxygens (including phenoxy) is 1. The van der Waals surface area contributed by atoms with Crippen LogP contribution in [-0.4, -0.2) is 54.8 Å². The van der Waals surface area contributed by atoms with Gasteiger partial charge in [0.05, 0.1) is 17.5 Å². The molecular weight excluding hydrogens is 372 g/mol. The Morgan fingerprint density at radius 1 is 0.966 bits per heavy atom. The number of benzene rings is 2. The zero-order valence-electron chi connectivity index (χ0n) is 15.4. The van der Waals surface area contributed by atoms with E-state index < -0.39 is 31.1 Å². The Hall–Kier alpha value is -3.04. The lowest BCUT2D eigenvalue weighted by molar-refractivity contribution is -0.0489. The van der Waals surface area contributed by atoms with E-state index in [-0.39, 0.29) is 0 Å². The Morgan fingerprint density at radius 2 is 1.76 bits per heavy atom. The van der Waals surface area contributed by atoms with Crippen LogP contribution in [0.2, 0.25) is 0 Å². The maximum atomic E-state index is 10.6. The van der Waals surface area contributed by atoms with Crippen molar-refractivity contribution in [3.8, 4) is 11.1 Å². The van der Waals surface area contributed by atoms with Gasteiger partial charge in [0.1, 0.15) is 36.1 Å². The van der Waals surface area contributed by atoms with E-state index >= 15 is 0 Å². The summed E-state index contributed by atoms with van der Waals surface area (Å²) in [5.74, 6) is 0.314. The monoisotopic (exact) mass is 392 g/mol. The molecule has 3 heterocycles. The number of aliphatic hydroxyl groups is 3. The first-order valence-electron chi connectivity index (χ1n) is 9.32. The Labute approximate surface area is 165 Å². The average molecular weight is 392 g/mol. The van der Waals surface area contributed by atoms with Gasteiger partial charge in [0.2, 0.25) is 0 Å². The van der Waals surface area contributed by atoms with Gasteiger partial charge in [-0.3, -0.25) is 4.57 Å². The highest BCUT2D eigenvalue weighted by Gasteiger charge is 2.44. The smallest absolute Gasteiger partial charge is 0.165 e. The first-order valence-corrected chi connectivity index (χ1v) is 9.32. The molecule has 4 aromatic rings. The molecule has 2 aromatic carbocycles. The van der Waals surface area contributed by atoms with Gasteiger partial charge in [-0.1, -0.05) is 42.5 Å². The summed E-state index contributed by atoms with van der Waals surface area (Å²) >= 11 is 0. The molecule has 0 spiro atoms. The number of aliphatic hydroxyl groups excluding tert-OH is 3. The molecule has 5 N–H and O–H groups in total. The first-order chi connectivity index (χ1) is 14.1. The van der Waals surface area contributed by atoms with Crippen molar-refractivity contribution in [2.24, 2.45) is 0 Å². The van der Waals surface area contributed by atoms with E-state index in [1.807, 2.05) is 48.5 Å². The number of hydrogen-bond acceptors (Lipinski definition) is 7. The van der Waals surface area contributed by atoms with Crippen LogP contribution in [0.3, 0.4) is 0 Å². The van der Waals surface area contributed by atoms with Crippen LogP contribution in [0.5, 0.6) is 0 Å². The summed E-state index contributed by atoms with van der Waals surface area (Å²) in [7, 11) is 0. The SMILES string of the molecule is Nc1ncnc2c1c1c(-c3ccccc3)cccc1n2[C@@H]1O[C@H](CO)[C@@H](O)[C@H]1O. The number of hydrogen-bond donors (Lipinski definition) is 4. The van der Waals surface area contributed by atoms with Gasteiger partial charge >= 0.3 is 0 Å². The number of aromatic nitrogens is 3. The van der Waals surface area contributed by atoms with Crippen LogP contribution in [-0.2, 0) is 4.74 Å². The Morgan fingerprint density at radius 3 is 2.48 bits per heavy atom. The average Bonchev–Trinajstić information content (AvgIpc) is 3.23. The molecular formula is C21H20N4O4. The van der Waals surface area contributed by atoms with Gasteiger partial charge in [0.25, 0.3) is 0 Å². The van der Waals surface area contributed by atoms with E-state index in [2.05, 4.69) is 9.97 Å². The summed E-state index contributed by atoms with van der Waals surface area (Å²) in [6.45, 7) is -0.405. The van der Waals surface area contributed by atoms with Gasteiger partial charge in [0, 0.05) is 5.39 Å². The van der Waals surface area contributed by atoms with Crippen molar-refractivity contribution < 1.29 is 20.1 Å². The third-order valence-corrected chi connectivity index (χ3v) is 5.49. The molecule has 4 atom stereocenters. The number of anilines is 1. The highest BCUT2D eigenvalue weighted by Crippen LogP contribution is 2.42. The molecule has 0 aliphatic carbocycles. The molecule has 29 heavy (non-hydrogen) atoms. The van der Waals surface area contributed by atoms with Gasteiger partial charge in [0.15, 0.2) is 6.23 Å². The van der Waals surface area contributed by atoms with Crippen LogP contribution in [0, 0.1) is 0 Å². The molecule has 1 saturated heterocycles. The number of nitrogens with zero attached hydrogens (tertiary/aromatic N) is 3. The predicted octanol–water partition coefficient (Wildman–Crippen LogP) is 1.45. The second-order valence-electron chi connectivity index (χ2n) is 7.12. The Kier molecular flexibility index (Phi) is 4.21. The van der Waals surface area contributed by atoms with Crippen molar-refractivity contribution in [2.45, 2.75) is 24.5 Å². The van der Waals surface area contributed by atoms with Crippen LogP contribution >= 0.6 is 0 Å². The molecule has 148 valence electrons. The molecule has 8 nitrogen and oxygen atoms in total. The van der Waals surface area contributed by atoms with Crippen LogP contribution < -0.4 is 5.73 Å². The predicted molar refractivity (Wildman–Crippen MR) is 108 cm³/mol. The third kappa shape index (κ3) is 2.61. The van der Waals surface area contributed by atoms with Crippen molar-refractivity contribution in [2.75, 3.05) is 12.3 Å². The lowest BCUT2D eigenvalue weighted by Crippen LogP contribution is -2.33. The van der Waals surface area contributed by atoms with Crippen molar-refractivity contribution in [1.29, 1.82) is 0 Å². The second kappa shape index (κ2) is 6.78. The van der Waals surface area contributed by atoms with Gasteiger partial charge in [-0.15, -0.1) is 0 Å². The van der Waals surface area contributed by atoms with E-state index in [0.29, 0.717) is 16.9 Å². The molecule has 1 aliphatic rings. The van der Waals surface area contributed by atoms with Gasteiger partial charge in [-0.2, -0.15) is 0 Å². The highest BCUT2D eigenvalue weighted by atomic mass is 16.6. The zero-order chi connectivity index (χ0) is 20.1. The first kappa shape index (κ1) is 18.0. The minimum Gasteiger partial charge on any atom is -0.394 e. The molecule has 1 aliphatic heterocycles. The summed E-state index contributed by atoms with van der Waals surface area (Å²) in [4.78, 5) is 8.56. The normalized spacial score (nSPS) is 24.5. The molecule has 0 saturated carbocycles. The summed E-state index contributed by atoms with van der Waals surface area (Å²) in [5.41, 5.74) is 9.42. The van der Waals surface area contributed by atoms with Gasteiger partial charge in [-0.05, 0) is 17.2 Å². The molecule has 2 aromatic heterocycles.